The fraction of sp³-hybridized carbons (Fsp3) is 0.289. The monoisotopic (exact) mass is 590 g/mol. The normalized spacial score (nSPS) is 11.2. The van der Waals surface area contributed by atoms with E-state index < -0.39 is 0 Å². The number of aryl methyl sites for hydroxylation is 1. The van der Waals surface area contributed by atoms with Gasteiger partial charge >= 0.3 is 5.97 Å². The summed E-state index contributed by atoms with van der Waals surface area (Å²) >= 11 is 0. The molecule has 1 heterocycles. The van der Waals surface area contributed by atoms with Gasteiger partial charge in [-0.2, -0.15) is 0 Å². The Morgan fingerprint density at radius 2 is 1.39 bits per heavy atom. The molecule has 5 aromatic rings. The van der Waals surface area contributed by atoms with Crippen LogP contribution in [0.1, 0.15) is 57.1 Å². The third kappa shape index (κ3) is 7.25. The molecule has 1 aromatic heterocycles. The molecule has 0 saturated heterocycles. The molecule has 44 heavy (non-hydrogen) atoms. The van der Waals surface area contributed by atoms with Crippen molar-refractivity contribution in [3.63, 3.8) is 0 Å². The number of aromatic nitrogens is 1. The van der Waals surface area contributed by atoms with Crippen LogP contribution < -0.4 is 14.8 Å². The van der Waals surface area contributed by atoms with Gasteiger partial charge in [0.05, 0.1) is 30.0 Å². The molecule has 0 aliphatic heterocycles. The van der Waals surface area contributed by atoms with E-state index in [1.54, 1.807) is 0 Å². The smallest absolute Gasteiger partial charge is 0.357 e. The van der Waals surface area contributed by atoms with Gasteiger partial charge in [0, 0.05) is 17.6 Å². The number of anilines is 1. The molecule has 5 rings (SSSR count). The van der Waals surface area contributed by atoms with Crippen molar-refractivity contribution in [3.05, 3.63) is 108 Å². The summed E-state index contributed by atoms with van der Waals surface area (Å²) in [5.41, 5.74) is 6.44. The molecule has 0 bridgehead atoms. The van der Waals surface area contributed by atoms with Crippen LogP contribution in [0.4, 0.5) is 5.69 Å². The zero-order chi connectivity index (χ0) is 31.1. The van der Waals surface area contributed by atoms with Gasteiger partial charge in [-0.3, -0.25) is 0 Å². The van der Waals surface area contributed by atoms with E-state index in [1.807, 2.05) is 81.7 Å². The summed E-state index contributed by atoms with van der Waals surface area (Å²) in [7, 11) is 0. The van der Waals surface area contributed by atoms with Crippen molar-refractivity contribution in [2.75, 3.05) is 18.5 Å². The van der Waals surface area contributed by atoms with Crippen molar-refractivity contribution in [2.45, 2.75) is 59.7 Å². The van der Waals surface area contributed by atoms with Gasteiger partial charge in [0.25, 0.3) is 0 Å². The first kappa shape index (κ1) is 30.7. The summed E-state index contributed by atoms with van der Waals surface area (Å²) < 4.78 is 19.4. The van der Waals surface area contributed by atoms with E-state index >= 15 is 0 Å². The van der Waals surface area contributed by atoms with Crippen molar-refractivity contribution >= 4 is 22.6 Å². The Kier molecular flexibility index (Phi) is 9.90. The molecule has 4 aromatic carbocycles. The highest BCUT2D eigenvalue weighted by Crippen LogP contribution is 2.38. The van der Waals surface area contributed by atoms with Gasteiger partial charge in [-0.05, 0) is 113 Å². The average molecular weight is 591 g/mol. The van der Waals surface area contributed by atoms with Crippen LogP contribution in [0.2, 0.25) is 0 Å². The molecule has 228 valence electrons. The number of nitrogens with one attached hydrogen (secondary N) is 1. The quantitative estimate of drug-likeness (QED) is 0.109. The Hall–Kier alpha value is -4.71. The standard InChI is InChI=1S/C38H42N2O4/c1-6-42-38(41)37-36(39-24-10-13-28-11-8-7-9-12-28)34-25-30(29-14-19-32(20-15-29)43-26(2)3)16-23-35(34)40(37)31-17-21-33(22-18-31)44-27(4)5/h7-9,11-12,14-23,25-27,39H,6,10,13,24H2,1-5H3. The number of esters is 1. The number of nitrogens with zero attached hydrogens (tertiary/aromatic N) is 1. The third-order valence-corrected chi connectivity index (χ3v) is 7.25. The van der Waals surface area contributed by atoms with Crippen molar-refractivity contribution < 1.29 is 19.0 Å². The van der Waals surface area contributed by atoms with E-state index in [0.29, 0.717) is 12.2 Å². The summed E-state index contributed by atoms with van der Waals surface area (Å²) in [5, 5.41) is 4.59. The number of fused-ring (bicyclic) bond motifs is 1. The highest BCUT2D eigenvalue weighted by atomic mass is 16.5. The fourth-order valence-electron chi connectivity index (χ4n) is 5.41. The lowest BCUT2D eigenvalue weighted by molar-refractivity contribution is 0.0518. The second kappa shape index (κ2) is 14.2. The Morgan fingerprint density at radius 1 is 0.773 bits per heavy atom. The first-order valence-corrected chi connectivity index (χ1v) is 15.5. The molecule has 0 fully saturated rings. The number of carbonyl (C=O) groups excluding carboxylic acids is 1. The second-order valence-electron chi connectivity index (χ2n) is 11.4. The minimum Gasteiger partial charge on any atom is -0.491 e. The number of ether oxygens (including phenoxy) is 3. The van der Waals surface area contributed by atoms with Crippen LogP contribution in [0.25, 0.3) is 27.7 Å². The van der Waals surface area contributed by atoms with E-state index in [-0.39, 0.29) is 24.8 Å². The largest absolute Gasteiger partial charge is 0.491 e. The van der Waals surface area contributed by atoms with Gasteiger partial charge in [-0.25, -0.2) is 4.79 Å². The molecule has 0 radical (unpaired) electrons. The third-order valence-electron chi connectivity index (χ3n) is 7.25. The first-order valence-electron chi connectivity index (χ1n) is 15.5. The van der Waals surface area contributed by atoms with Crippen LogP contribution in [0, 0.1) is 0 Å². The summed E-state index contributed by atoms with van der Waals surface area (Å²) in [6.07, 6.45) is 2.03. The van der Waals surface area contributed by atoms with E-state index in [0.717, 1.165) is 57.7 Å². The summed E-state index contributed by atoms with van der Waals surface area (Å²) in [6, 6.07) is 32.8. The molecule has 0 aliphatic rings. The van der Waals surface area contributed by atoms with Gasteiger partial charge in [-0.1, -0.05) is 48.5 Å². The Morgan fingerprint density at radius 3 is 2.00 bits per heavy atom. The maximum absolute atomic E-state index is 13.7. The number of carbonyl (C=O) groups is 1. The van der Waals surface area contributed by atoms with E-state index in [9.17, 15) is 4.79 Å². The maximum atomic E-state index is 13.7. The Labute approximate surface area is 260 Å². The number of hydrogen-bond donors (Lipinski definition) is 1. The van der Waals surface area contributed by atoms with E-state index in [4.69, 9.17) is 14.2 Å². The summed E-state index contributed by atoms with van der Waals surface area (Å²) in [4.78, 5) is 13.7. The zero-order valence-corrected chi connectivity index (χ0v) is 26.3. The van der Waals surface area contributed by atoms with Crippen LogP contribution in [0.3, 0.4) is 0 Å². The van der Waals surface area contributed by atoms with Crippen molar-refractivity contribution in [1.29, 1.82) is 0 Å². The highest BCUT2D eigenvalue weighted by Gasteiger charge is 2.25. The minimum atomic E-state index is -0.367. The maximum Gasteiger partial charge on any atom is 0.357 e. The topological polar surface area (TPSA) is 61.7 Å². The molecule has 0 unspecified atom stereocenters. The molecule has 0 spiro atoms. The molecular weight excluding hydrogens is 548 g/mol. The molecule has 0 aliphatic carbocycles. The van der Waals surface area contributed by atoms with Crippen LogP contribution in [0.5, 0.6) is 11.5 Å². The number of rotatable bonds is 13. The molecule has 6 heteroatoms. The Bertz CT molecular complexity index is 1670. The Balaban J connectivity index is 1.59. The SMILES string of the molecule is CCOC(=O)c1c(NCCCc2ccccc2)c2cc(-c3ccc(OC(C)C)cc3)ccc2n1-c1ccc(OC(C)C)cc1. The van der Waals surface area contributed by atoms with Crippen LogP contribution in [-0.2, 0) is 11.2 Å². The molecule has 6 nitrogen and oxygen atoms in total. The lowest BCUT2D eigenvalue weighted by atomic mass is 10.0. The predicted octanol–water partition coefficient (Wildman–Crippen LogP) is 9.09. The zero-order valence-electron chi connectivity index (χ0n) is 26.3. The number of hydrogen-bond acceptors (Lipinski definition) is 5. The van der Waals surface area contributed by atoms with Crippen molar-refractivity contribution in [3.8, 4) is 28.3 Å². The van der Waals surface area contributed by atoms with Gasteiger partial charge in [0.2, 0.25) is 0 Å². The fourth-order valence-corrected chi connectivity index (χ4v) is 5.41. The van der Waals surface area contributed by atoms with E-state index in [1.165, 1.54) is 5.56 Å². The van der Waals surface area contributed by atoms with Crippen molar-refractivity contribution in [1.82, 2.24) is 4.57 Å². The van der Waals surface area contributed by atoms with Crippen LogP contribution in [0.15, 0.2) is 97.1 Å². The first-order chi connectivity index (χ1) is 21.3. The van der Waals surface area contributed by atoms with Gasteiger partial charge in [0.15, 0.2) is 5.69 Å². The highest BCUT2D eigenvalue weighted by molar-refractivity contribution is 6.09. The van der Waals surface area contributed by atoms with Crippen LogP contribution >= 0.6 is 0 Å². The number of benzene rings is 4. The lowest BCUT2D eigenvalue weighted by Gasteiger charge is -2.14. The minimum absolute atomic E-state index is 0.0689. The molecule has 1 N–H and O–H groups in total. The predicted molar refractivity (Wildman–Crippen MR) is 179 cm³/mol. The summed E-state index contributed by atoms with van der Waals surface area (Å²) in [6.45, 7) is 10.9. The second-order valence-corrected chi connectivity index (χ2v) is 11.4. The molecule has 0 saturated carbocycles. The lowest BCUT2D eigenvalue weighted by Crippen LogP contribution is -2.14. The van der Waals surface area contributed by atoms with Gasteiger partial charge in [-0.15, -0.1) is 0 Å². The van der Waals surface area contributed by atoms with Gasteiger partial charge in [0.1, 0.15) is 11.5 Å². The van der Waals surface area contributed by atoms with E-state index in [2.05, 4.69) is 59.9 Å². The molecule has 0 amide bonds. The van der Waals surface area contributed by atoms with Gasteiger partial charge < -0.3 is 24.1 Å². The molecular formula is C38H42N2O4. The van der Waals surface area contributed by atoms with Crippen LogP contribution in [-0.4, -0.2) is 35.9 Å². The molecule has 0 atom stereocenters. The van der Waals surface area contributed by atoms with Crippen molar-refractivity contribution in [2.24, 2.45) is 0 Å². The average Bonchev–Trinajstić information content (AvgIpc) is 3.34. The summed E-state index contributed by atoms with van der Waals surface area (Å²) in [5.74, 6) is 1.25.